The van der Waals surface area contributed by atoms with Gasteiger partial charge in [-0.3, -0.25) is 4.79 Å². The van der Waals surface area contributed by atoms with Gasteiger partial charge in [-0.05, 0) is 30.3 Å². The largest absolute Gasteiger partial charge is 0.493 e. The molecular weight excluding hydrogens is 370 g/mol. The summed E-state index contributed by atoms with van der Waals surface area (Å²) in [6.07, 6.45) is 0. The molecule has 142 valence electrons. The van der Waals surface area contributed by atoms with Crippen LogP contribution in [0.15, 0.2) is 47.4 Å². The third-order valence-electron chi connectivity index (χ3n) is 3.55. The Morgan fingerprint density at radius 1 is 1.19 bits per heavy atom. The molecule has 0 aliphatic heterocycles. The van der Waals surface area contributed by atoms with Crippen LogP contribution in [0.4, 0.5) is 5.69 Å². The maximum atomic E-state index is 12.2. The molecule has 2 aromatic carbocycles. The van der Waals surface area contributed by atoms with E-state index in [9.17, 15) is 13.2 Å². The highest BCUT2D eigenvalue weighted by molar-refractivity contribution is 7.89. The van der Waals surface area contributed by atoms with Crippen LogP contribution in [0.1, 0.15) is 5.56 Å². The maximum Gasteiger partial charge on any atom is 0.262 e. The fourth-order valence-electron chi connectivity index (χ4n) is 2.14. The Hall–Kier alpha value is -3.09. The lowest BCUT2D eigenvalue weighted by Gasteiger charge is -2.13. The van der Waals surface area contributed by atoms with Crippen molar-refractivity contribution in [2.24, 2.45) is 0 Å². The lowest BCUT2D eigenvalue weighted by molar-refractivity contribution is -0.118. The van der Waals surface area contributed by atoms with Crippen LogP contribution in [0, 0.1) is 11.3 Å². The average Bonchev–Trinajstić information content (AvgIpc) is 2.66. The van der Waals surface area contributed by atoms with Gasteiger partial charge < -0.3 is 14.8 Å². The number of rotatable bonds is 7. The van der Waals surface area contributed by atoms with E-state index < -0.39 is 15.9 Å². The molecule has 0 saturated heterocycles. The summed E-state index contributed by atoms with van der Waals surface area (Å²) < 4.78 is 36.0. The molecule has 0 saturated carbocycles. The maximum absolute atomic E-state index is 12.2. The molecule has 2 rings (SSSR count). The molecule has 0 heterocycles. The molecule has 0 atom stereocenters. The number of amides is 1. The molecule has 0 bridgehead atoms. The second-order valence-electron chi connectivity index (χ2n) is 5.63. The summed E-state index contributed by atoms with van der Waals surface area (Å²) in [5.41, 5.74) is 0.737. The molecule has 0 fully saturated rings. The average molecular weight is 389 g/mol. The van der Waals surface area contributed by atoms with Gasteiger partial charge in [-0.15, -0.1) is 0 Å². The first kappa shape index (κ1) is 20.2. The highest BCUT2D eigenvalue weighted by atomic mass is 32.2. The Labute approximate surface area is 158 Å². The fraction of sp³-hybridized carbons (Fsp3) is 0.222. The van der Waals surface area contributed by atoms with Crippen LogP contribution in [0.3, 0.4) is 0 Å². The van der Waals surface area contributed by atoms with E-state index in [1.807, 2.05) is 6.07 Å². The van der Waals surface area contributed by atoms with Gasteiger partial charge in [0.05, 0.1) is 23.6 Å². The van der Waals surface area contributed by atoms with Crippen molar-refractivity contribution in [1.82, 2.24) is 4.31 Å². The van der Waals surface area contributed by atoms with Crippen LogP contribution < -0.4 is 14.8 Å². The quantitative estimate of drug-likeness (QED) is 0.774. The van der Waals surface area contributed by atoms with Crippen LogP contribution in [0.25, 0.3) is 0 Å². The zero-order valence-corrected chi connectivity index (χ0v) is 15.9. The minimum atomic E-state index is -3.60. The first-order chi connectivity index (χ1) is 12.8. The van der Waals surface area contributed by atoms with Crippen molar-refractivity contribution in [2.75, 3.05) is 33.1 Å². The molecule has 1 amide bonds. The number of ether oxygens (including phenoxy) is 2. The van der Waals surface area contributed by atoms with Gasteiger partial charge in [-0.1, -0.05) is 6.07 Å². The Kier molecular flexibility index (Phi) is 6.39. The van der Waals surface area contributed by atoms with Crippen LogP contribution in [0.5, 0.6) is 11.5 Å². The van der Waals surface area contributed by atoms with E-state index in [0.29, 0.717) is 22.7 Å². The molecule has 27 heavy (non-hydrogen) atoms. The van der Waals surface area contributed by atoms with E-state index in [1.54, 1.807) is 12.1 Å². The van der Waals surface area contributed by atoms with E-state index >= 15 is 0 Å². The van der Waals surface area contributed by atoms with Gasteiger partial charge in [0.15, 0.2) is 18.1 Å². The van der Waals surface area contributed by atoms with Crippen molar-refractivity contribution in [3.8, 4) is 17.6 Å². The van der Waals surface area contributed by atoms with E-state index in [0.717, 1.165) is 4.31 Å². The van der Waals surface area contributed by atoms with Crippen LogP contribution in [-0.4, -0.2) is 46.4 Å². The molecule has 9 heteroatoms. The number of carbonyl (C=O) groups is 1. The molecule has 0 unspecified atom stereocenters. The summed E-state index contributed by atoms with van der Waals surface area (Å²) in [5.74, 6) is 0.178. The van der Waals surface area contributed by atoms with Crippen LogP contribution >= 0.6 is 0 Å². The number of carbonyl (C=O) groups excluding carboxylic acids is 1. The number of nitrogens with zero attached hydrogens (tertiary/aromatic N) is 2. The fourth-order valence-corrected chi connectivity index (χ4v) is 3.09. The van der Waals surface area contributed by atoms with Crippen molar-refractivity contribution in [3.05, 3.63) is 48.0 Å². The molecule has 0 aromatic heterocycles. The number of nitriles is 1. The molecule has 0 radical (unpaired) electrons. The number of methoxy groups -OCH3 is 1. The molecule has 8 nitrogen and oxygen atoms in total. The number of sulfonamides is 1. The van der Waals surface area contributed by atoms with E-state index in [-0.39, 0.29) is 11.5 Å². The second kappa shape index (κ2) is 8.53. The standard InChI is InChI=1S/C18H19N3O5S/c1-21(2)27(23,24)15-6-4-5-14(10-15)20-18(22)12-26-16-8-7-13(11-19)9-17(16)25-3/h4-10H,12H2,1-3H3,(H,20,22). The molecular formula is C18H19N3O5S. The van der Waals surface area contributed by atoms with Crippen molar-refractivity contribution >= 4 is 21.6 Å². The molecule has 0 aliphatic rings. The minimum Gasteiger partial charge on any atom is -0.493 e. The summed E-state index contributed by atoms with van der Waals surface area (Å²) >= 11 is 0. The summed E-state index contributed by atoms with van der Waals surface area (Å²) in [4.78, 5) is 12.2. The summed E-state index contributed by atoms with van der Waals surface area (Å²) in [6, 6.07) is 12.5. The van der Waals surface area contributed by atoms with Gasteiger partial charge in [0.2, 0.25) is 10.0 Å². The number of benzene rings is 2. The van der Waals surface area contributed by atoms with Gasteiger partial charge in [-0.2, -0.15) is 5.26 Å². The monoisotopic (exact) mass is 389 g/mol. The highest BCUT2D eigenvalue weighted by Crippen LogP contribution is 2.27. The van der Waals surface area contributed by atoms with Crippen LogP contribution in [0.2, 0.25) is 0 Å². The second-order valence-corrected chi connectivity index (χ2v) is 7.78. The normalized spacial score (nSPS) is 10.9. The lowest BCUT2D eigenvalue weighted by atomic mass is 10.2. The zero-order chi connectivity index (χ0) is 20.0. The molecule has 1 N–H and O–H groups in total. The Balaban J connectivity index is 2.06. The van der Waals surface area contributed by atoms with Crippen molar-refractivity contribution in [2.45, 2.75) is 4.90 Å². The number of hydrogen-bond donors (Lipinski definition) is 1. The summed E-state index contributed by atoms with van der Waals surface area (Å²) in [6.45, 7) is -0.313. The van der Waals surface area contributed by atoms with E-state index in [2.05, 4.69) is 5.32 Å². The van der Waals surface area contributed by atoms with Gasteiger partial charge >= 0.3 is 0 Å². The van der Waals surface area contributed by atoms with E-state index in [1.165, 1.54) is 51.5 Å². The Bertz CT molecular complexity index is 981. The molecule has 2 aromatic rings. The van der Waals surface area contributed by atoms with Gasteiger partial charge in [-0.25, -0.2) is 12.7 Å². The smallest absolute Gasteiger partial charge is 0.262 e. The SMILES string of the molecule is COc1cc(C#N)ccc1OCC(=O)Nc1cccc(S(=O)(=O)N(C)C)c1. The number of nitrogens with one attached hydrogen (secondary N) is 1. The van der Waals surface area contributed by atoms with Crippen LogP contribution in [-0.2, 0) is 14.8 Å². The lowest BCUT2D eigenvalue weighted by Crippen LogP contribution is -2.23. The summed E-state index contributed by atoms with van der Waals surface area (Å²) in [5, 5.41) is 11.5. The topological polar surface area (TPSA) is 109 Å². The van der Waals surface area contributed by atoms with E-state index in [4.69, 9.17) is 14.7 Å². The van der Waals surface area contributed by atoms with Gasteiger partial charge in [0, 0.05) is 25.8 Å². The number of anilines is 1. The van der Waals surface area contributed by atoms with Gasteiger partial charge in [0.25, 0.3) is 5.91 Å². The Morgan fingerprint density at radius 2 is 1.93 bits per heavy atom. The molecule has 0 aliphatic carbocycles. The predicted molar refractivity (Wildman–Crippen MR) is 99.1 cm³/mol. The predicted octanol–water partition coefficient (Wildman–Crippen LogP) is 1.83. The molecule has 0 spiro atoms. The Morgan fingerprint density at radius 3 is 2.56 bits per heavy atom. The number of hydrogen-bond acceptors (Lipinski definition) is 6. The minimum absolute atomic E-state index is 0.0694. The zero-order valence-electron chi connectivity index (χ0n) is 15.1. The van der Waals surface area contributed by atoms with Crippen molar-refractivity contribution < 1.29 is 22.7 Å². The van der Waals surface area contributed by atoms with Crippen molar-refractivity contribution in [3.63, 3.8) is 0 Å². The highest BCUT2D eigenvalue weighted by Gasteiger charge is 2.17. The summed E-state index contributed by atoms with van der Waals surface area (Å²) in [7, 11) is 0.692. The van der Waals surface area contributed by atoms with Crippen molar-refractivity contribution in [1.29, 1.82) is 5.26 Å². The van der Waals surface area contributed by atoms with Gasteiger partial charge in [0.1, 0.15) is 0 Å². The first-order valence-electron chi connectivity index (χ1n) is 7.81. The first-order valence-corrected chi connectivity index (χ1v) is 9.25. The third-order valence-corrected chi connectivity index (χ3v) is 5.36. The third kappa shape index (κ3) is 4.97.